The standard InChI is InChI=1S/C15H19FN2O2.C11H14N2O/c16-12-8-6-10(7-9-12)13(14(17)19)18-15(20)11-4-2-1-3-5-11;14-11(10-4-2-1-3-5-10)13-8-6-12-7-9-13/h6-9,11,13H,1-5H2,(H2,17,19)(H,18,20);1-5,12H,6-9H2. The van der Waals surface area contributed by atoms with Crippen molar-refractivity contribution in [2.24, 2.45) is 11.7 Å². The molecule has 1 aliphatic carbocycles. The van der Waals surface area contributed by atoms with E-state index < -0.39 is 17.8 Å². The molecule has 7 nitrogen and oxygen atoms in total. The van der Waals surface area contributed by atoms with Gasteiger partial charge < -0.3 is 21.3 Å². The van der Waals surface area contributed by atoms with Crippen LogP contribution < -0.4 is 16.4 Å². The van der Waals surface area contributed by atoms with Crippen molar-refractivity contribution in [2.45, 2.75) is 38.1 Å². The quantitative estimate of drug-likeness (QED) is 0.628. The van der Waals surface area contributed by atoms with Crippen LogP contribution in [0.2, 0.25) is 0 Å². The van der Waals surface area contributed by atoms with Crippen molar-refractivity contribution in [1.29, 1.82) is 0 Å². The van der Waals surface area contributed by atoms with Crippen molar-refractivity contribution in [3.63, 3.8) is 0 Å². The third kappa shape index (κ3) is 7.38. The molecule has 2 aliphatic rings. The molecule has 0 bridgehead atoms. The van der Waals surface area contributed by atoms with Crippen LogP contribution >= 0.6 is 0 Å². The van der Waals surface area contributed by atoms with Gasteiger partial charge in [-0.15, -0.1) is 0 Å². The molecule has 0 spiro atoms. The van der Waals surface area contributed by atoms with Gasteiger partial charge in [-0.05, 0) is 42.7 Å². The summed E-state index contributed by atoms with van der Waals surface area (Å²) < 4.78 is 12.9. The molecule has 34 heavy (non-hydrogen) atoms. The zero-order chi connectivity index (χ0) is 24.3. The highest BCUT2D eigenvalue weighted by molar-refractivity contribution is 5.94. The van der Waals surface area contributed by atoms with Gasteiger partial charge in [0.05, 0.1) is 0 Å². The summed E-state index contributed by atoms with van der Waals surface area (Å²) in [7, 11) is 0. The number of benzene rings is 2. The number of hydrogen-bond acceptors (Lipinski definition) is 4. The summed E-state index contributed by atoms with van der Waals surface area (Å²) in [6, 6.07) is 14.0. The number of rotatable bonds is 5. The first-order valence-corrected chi connectivity index (χ1v) is 11.9. The number of halogens is 1. The van der Waals surface area contributed by atoms with E-state index in [4.69, 9.17) is 5.73 Å². The molecule has 0 radical (unpaired) electrons. The number of nitrogens with one attached hydrogen (secondary N) is 2. The number of primary amides is 1. The summed E-state index contributed by atoms with van der Waals surface area (Å²) in [5.74, 6) is -1.08. The van der Waals surface area contributed by atoms with Crippen LogP contribution in [0.5, 0.6) is 0 Å². The average Bonchev–Trinajstić information content (AvgIpc) is 2.89. The van der Waals surface area contributed by atoms with Crippen LogP contribution in [-0.2, 0) is 9.59 Å². The van der Waals surface area contributed by atoms with Crippen molar-refractivity contribution in [3.05, 3.63) is 71.5 Å². The Balaban J connectivity index is 0.000000202. The van der Waals surface area contributed by atoms with Crippen molar-refractivity contribution >= 4 is 17.7 Å². The van der Waals surface area contributed by atoms with Gasteiger partial charge in [-0.25, -0.2) is 4.39 Å². The summed E-state index contributed by atoms with van der Waals surface area (Å²) in [5.41, 5.74) is 6.63. The van der Waals surface area contributed by atoms with E-state index in [9.17, 15) is 18.8 Å². The minimum Gasteiger partial charge on any atom is -0.368 e. The second-order valence-electron chi connectivity index (χ2n) is 8.64. The molecule has 2 fully saturated rings. The number of piperazine rings is 1. The maximum Gasteiger partial charge on any atom is 0.253 e. The van der Waals surface area contributed by atoms with E-state index in [-0.39, 0.29) is 17.7 Å². The van der Waals surface area contributed by atoms with Crippen LogP contribution in [0.15, 0.2) is 54.6 Å². The van der Waals surface area contributed by atoms with E-state index in [1.807, 2.05) is 35.2 Å². The Hall–Kier alpha value is -3.26. The summed E-state index contributed by atoms with van der Waals surface area (Å²) in [6.07, 6.45) is 4.92. The lowest BCUT2D eigenvalue weighted by atomic mass is 9.88. The second-order valence-corrected chi connectivity index (χ2v) is 8.64. The predicted octanol–water partition coefficient (Wildman–Crippen LogP) is 2.78. The van der Waals surface area contributed by atoms with E-state index >= 15 is 0 Å². The molecule has 182 valence electrons. The van der Waals surface area contributed by atoms with Crippen molar-refractivity contribution < 1.29 is 18.8 Å². The van der Waals surface area contributed by atoms with E-state index in [2.05, 4.69) is 10.6 Å². The fraction of sp³-hybridized carbons (Fsp3) is 0.423. The SMILES string of the molecule is NC(=O)C(NC(=O)C1CCCCC1)c1ccc(F)cc1.O=C(c1ccccc1)N1CCNCC1. The second kappa shape index (κ2) is 12.8. The number of carbonyl (C=O) groups is 3. The maximum absolute atomic E-state index is 12.9. The lowest BCUT2D eigenvalue weighted by molar-refractivity contribution is -0.130. The molecule has 1 saturated carbocycles. The molecule has 1 heterocycles. The summed E-state index contributed by atoms with van der Waals surface area (Å²) in [5, 5.41) is 5.91. The number of amides is 3. The number of nitrogens with zero attached hydrogens (tertiary/aromatic N) is 1. The Bertz CT molecular complexity index is 940. The van der Waals surface area contributed by atoms with Gasteiger partial charge in [0.1, 0.15) is 11.9 Å². The van der Waals surface area contributed by atoms with Gasteiger partial charge in [0, 0.05) is 37.7 Å². The summed E-state index contributed by atoms with van der Waals surface area (Å²) >= 11 is 0. The fourth-order valence-electron chi connectivity index (χ4n) is 4.23. The van der Waals surface area contributed by atoms with Crippen molar-refractivity contribution in [2.75, 3.05) is 26.2 Å². The molecule has 0 aromatic heterocycles. The van der Waals surface area contributed by atoms with Crippen LogP contribution in [-0.4, -0.2) is 48.8 Å². The molecule has 1 unspecified atom stereocenters. The Morgan fingerprint density at radius 3 is 2.15 bits per heavy atom. The Morgan fingerprint density at radius 2 is 1.56 bits per heavy atom. The predicted molar refractivity (Wildman–Crippen MR) is 128 cm³/mol. The van der Waals surface area contributed by atoms with Gasteiger partial charge in [-0.1, -0.05) is 49.6 Å². The molecule has 4 rings (SSSR count). The highest BCUT2D eigenvalue weighted by atomic mass is 19.1. The van der Waals surface area contributed by atoms with Gasteiger partial charge in [0.25, 0.3) is 5.91 Å². The first-order chi connectivity index (χ1) is 16.5. The van der Waals surface area contributed by atoms with Crippen LogP contribution in [0.25, 0.3) is 0 Å². The van der Waals surface area contributed by atoms with E-state index in [1.54, 1.807) is 0 Å². The molecule has 2 aromatic rings. The summed E-state index contributed by atoms with van der Waals surface area (Å²) in [6.45, 7) is 3.43. The molecule has 1 atom stereocenters. The van der Waals surface area contributed by atoms with Crippen LogP contribution in [0.1, 0.15) is 54.1 Å². The third-order valence-electron chi connectivity index (χ3n) is 6.18. The topological polar surface area (TPSA) is 105 Å². The molecule has 3 amide bonds. The molecule has 4 N–H and O–H groups in total. The minimum atomic E-state index is -0.898. The number of nitrogens with two attached hydrogens (primary N) is 1. The fourth-order valence-corrected chi connectivity index (χ4v) is 4.23. The minimum absolute atomic E-state index is 0.0500. The number of carbonyl (C=O) groups excluding carboxylic acids is 3. The highest BCUT2D eigenvalue weighted by Gasteiger charge is 2.26. The molecule has 8 heteroatoms. The van der Waals surface area contributed by atoms with Gasteiger partial charge >= 0.3 is 0 Å². The summed E-state index contributed by atoms with van der Waals surface area (Å²) in [4.78, 5) is 37.5. The van der Waals surface area contributed by atoms with Gasteiger partial charge in [-0.3, -0.25) is 14.4 Å². The smallest absolute Gasteiger partial charge is 0.253 e. The highest BCUT2D eigenvalue weighted by Crippen LogP contribution is 2.25. The van der Waals surface area contributed by atoms with Crippen molar-refractivity contribution in [3.8, 4) is 0 Å². The maximum atomic E-state index is 12.9. The first kappa shape index (κ1) is 25.4. The Labute approximate surface area is 199 Å². The Morgan fingerprint density at radius 1 is 0.941 bits per heavy atom. The largest absolute Gasteiger partial charge is 0.368 e. The molecule has 2 aromatic carbocycles. The molecular formula is C26H33FN4O3. The van der Waals surface area contributed by atoms with Crippen LogP contribution in [0.3, 0.4) is 0 Å². The zero-order valence-electron chi connectivity index (χ0n) is 19.3. The normalized spacial score (nSPS) is 17.1. The van der Waals surface area contributed by atoms with Gasteiger partial charge in [0.2, 0.25) is 11.8 Å². The van der Waals surface area contributed by atoms with E-state index in [1.165, 1.54) is 24.3 Å². The average molecular weight is 469 g/mol. The van der Waals surface area contributed by atoms with E-state index in [0.717, 1.165) is 63.8 Å². The Kier molecular flexibility index (Phi) is 9.58. The van der Waals surface area contributed by atoms with Crippen LogP contribution in [0.4, 0.5) is 4.39 Å². The monoisotopic (exact) mass is 468 g/mol. The van der Waals surface area contributed by atoms with Gasteiger partial charge in [0.15, 0.2) is 0 Å². The number of hydrogen-bond donors (Lipinski definition) is 3. The van der Waals surface area contributed by atoms with Crippen LogP contribution in [0, 0.1) is 11.7 Å². The van der Waals surface area contributed by atoms with Gasteiger partial charge in [-0.2, -0.15) is 0 Å². The van der Waals surface area contributed by atoms with E-state index in [0.29, 0.717) is 5.56 Å². The lowest BCUT2D eigenvalue weighted by Gasteiger charge is -2.27. The van der Waals surface area contributed by atoms with Crippen molar-refractivity contribution in [1.82, 2.24) is 15.5 Å². The zero-order valence-corrected chi connectivity index (χ0v) is 19.3. The molecule has 1 aliphatic heterocycles. The third-order valence-corrected chi connectivity index (χ3v) is 6.18. The lowest BCUT2D eigenvalue weighted by Crippen LogP contribution is -2.46. The molecular weight excluding hydrogens is 435 g/mol. The first-order valence-electron chi connectivity index (χ1n) is 11.9. The molecule has 1 saturated heterocycles.